The van der Waals surface area contributed by atoms with Crippen molar-refractivity contribution in [3.05, 3.63) is 76.9 Å². The second-order valence-electron chi connectivity index (χ2n) is 5.20. The maximum absolute atomic E-state index is 12.7. The maximum Gasteiger partial charge on any atom is 0.331 e. The predicted molar refractivity (Wildman–Crippen MR) is 93.0 cm³/mol. The fraction of sp³-hybridized carbons (Fsp3) is 0.200. The number of hydrogen-bond acceptors (Lipinski definition) is 3. The van der Waals surface area contributed by atoms with E-state index in [4.69, 9.17) is 4.74 Å². The van der Waals surface area contributed by atoms with Crippen LogP contribution in [0.5, 0.6) is 0 Å². The minimum absolute atomic E-state index is 0.128. The number of ketones is 1. The molecule has 0 amide bonds. The van der Waals surface area contributed by atoms with Gasteiger partial charge < -0.3 is 9.84 Å². The molecule has 0 aromatic heterocycles. The largest absolute Gasteiger partial charge is 0.478 e. The van der Waals surface area contributed by atoms with E-state index in [-0.39, 0.29) is 17.8 Å². The highest BCUT2D eigenvalue weighted by Gasteiger charge is 2.14. The molecular formula is C20H20O4. The lowest BCUT2D eigenvalue weighted by Crippen LogP contribution is -2.07. The molecule has 124 valence electrons. The topological polar surface area (TPSA) is 63.6 Å². The summed E-state index contributed by atoms with van der Waals surface area (Å²) in [6.45, 7) is 2.73. The van der Waals surface area contributed by atoms with Crippen LogP contribution in [0, 0.1) is 0 Å². The van der Waals surface area contributed by atoms with E-state index in [0.29, 0.717) is 29.9 Å². The molecule has 0 fully saturated rings. The van der Waals surface area contributed by atoms with Crippen molar-refractivity contribution in [2.24, 2.45) is 0 Å². The van der Waals surface area contributed by atoms with Crippen LogP contribution in [0.15, 0.2) is 60.2 Å². The summed E-state index contributed by atoms with van der Waals surface area (Å²) in [4.78, 5) is 24.1. The van der Waals surface area contributed by atoms with Gasteiger partial charge in [-0.1, -0.05) is 54.6 Å². The highest BCUT2D eigenvalue weighted by molar-refractivity contribution is 6.11. The Morgan fingerprint density at radius 2 is 1.71 bits per heavy atom. The summed E-state index contributed by atoms with van der Waals surface area (Å²) in [5, 5.41) is 9.37. The smallest absolute Gasteiger partial charge is 0.331 e. The molecule has 2 rings (SSSR count). The molecule has 2 aromatic carbocycles. The second-order valence-corrected chi connectivity index (χ2v) is 5.20. The summed E-state index contributed by atoms with van der Waals surface area (Å²) in [5.74, 6) is -1.13. The predicted octanol–water partition coefficient (Wildman–Crippen LogP) is 3.81. The number of carbonyl (C=O) groups excluding carboxylic acids is 1. The van der Waals surface area contributed by atoms with Gasteiger partial charge in [-0.15, -0.1) is 0 Å². The summed E-state index contributed by atoms with van der Waals surface area (Å²) in [6, 6.07) is 16.0. The average molecular weight is 324 g/mol. The molecule has 2 aromatic rings. The molecule has 0 saturated carbocycles. The molecule has 0 aliphatic carbocycles. The van der Waals surface area contributed by atoms with Gasteiger partial charge in [0.05, 0.1) is 6.61 Å². The molecule has 24 heavy (non-hydrogen) atoms. The van der Waals surface area contributed by atoms with Crippen LogP contribution >= 0.6 is 0 Å². The molecular weight excluding hydrogens is 304 g/mol. The molecule has 4 nitrogen and oxygen atoms in total. The van der Waals surface area contributed by atoms with Gasteiger partial charge in [-0.25, -0.2) is 4.79 Å². The van der Waals surface area contributed by atoms with Crippen molar-refractivity contribution in [1.82, 2.24) is 0 Å². The van der Waals surface area contributed by atoms with E-state index >= 15 is 0 Å². The number of benzene rings is 2. The first-order chi connectivity index (χ1) is 11.6. The van der Waals surface area contributed by atoms with Crippen molar-refractivity contribution in [1.29, 1.82) is 0 Å². The SMILES string of the molecule is CCOCCC(=Cc1ccccc1C(=O)c1ccccc1)C(=O)O. The van der Waals surface area contributed by atoms with E-state index in [0.717, 1.165) is 0 Å². The lowest BCUT2D eigenvalue weighted by molar-refractivity contribution is -0.132. The van der Waals surface area contributed by atoms with Crippen molar-refractivity contribution in [2.45, 2.75) is 13.3 Å². The van der Waals surface area contributed by atoms with Gasteiger partial charge in [-0.05, 0) is 18.6 Å². The van der Waals surface area contributed by atoms with Gasteiger partial charge in [0.2, 0.25) is 0 Å². The van der Waals surface area contributed by atoms with Crippen molar-refractivity contribution in [3.8, 4) is 0 Å². The van der Waals surface area contributed by atoms with E-state index in [1.165, 1.54) is 0 Å². The highest BCUT2D eigenvalue weighted by atomic mass is 16.5. The molecule has 4 heteroatoms. The number of rotatable bonds is 8. The fourth-order valence-corrected chi connectivity index (χ4v) is 2.33. The fourth-order valence-electron chi connectivity index (χ4n) is 2.33. The Labute approximate surface area is 141 Å². The van der Waals surface area contributed by atoms with Crippen molar-refractivity contribution >= 4 is 17.8 Å². The number of hydrogen-bond donors (Lipinski definition) is 1. The molecule has 0 spiro atoms. The number of carboxylic acid groups (broad SMARTS) is 1. The van der Waals surface area contributed by atoms with Gasteiger partial charge in [0, 0.05) is 29.7 Å². The van der Waals surface area contributed by atoms with Crippen molar-refractivity contribution < 1.29 is 19.4 Å². The van der Waals surface area contributed by atoms with E-state index in [1.807, 2.05) is 13.0 Å². The molecule has 0 unspecified atom stereocenters. The van der Waals surface area contributed by atoms with E-state index in [1.54, 1.807) is 54.6 Å². The minimum Gasteiger partial charge on any atom is -0.478 e. The van der Waals surface area contributed by atoms with Crippen LogP contribution in [-0.2, 0) is 9.53 Å². The van der Waals surface area contributed by atoms with Gasteiger partial charge in [-0.2, -0.15) is 0 Å². The van der Waals surface area contributed by atoms with Gasteiger partial charge in [0.15, 0.2) is 5.78 Å². The Morgan fingerprint density at radius 3 is 2.38 bits per heavy atom. The molecule has 0 heterocycles. The van der Waals surface area contributed by atoms with Gasteiger partial charge in [0.1, 0.15) is 0 Å². The maximum atomic E-state index is 12.7. The number of carbonyl (C=O) groups is 2. The van der Waals surface area contributed by atoms with Gasteiger partial charge in [0.25, 0.3) is 0 Å². The number of carboxylic acids is 1. The van der Waals surface area contributed by atoms with Crippen molar-refractivity contribution in [3.63, 3.8) is 0 Å². The zero-order chi connectivity index (χ0) is 17.4. The third kappa shape index (κ3) is 4.64. The molecule has 0 bridgehead atoms. The summed E-state index contributed by atoms with van der Waals surface area (Å²) >= 11 is 0. The summed E-state index contributed by atoms with van der Waals surface area (Å²) in [7, 11) is 0. The van der Waals surface area contributed by atoms with Crippen LogP contribution in [0.2, 0.25) is 0 Å². The first-order valence-electron chi connectivity index (χ1n) is 7.84. The molecule has 0 aliphatic rings. The highest BCUT2D eigenvalue weighted by Crippen LogP contribution is 2.19. The second kappa shape index (κ2) is 8.79. The monoisotopic (exact) mass is 324 g/mol. The Hall–Kier alpha value is -2.72. The molecule has 0 saturated heterocycles. The van der Waals surface area contributed by atoms with E-state index < -0.39 is 5.97 Å². The van der Waals surface area contributed by atoms with Crippen LogP contribution in [0.1, 0.15) is 34.8 Å². The van der Waals surface area contributed by atoms with Crippen molar-refractivity contribution in [2.75, 3.05) is 13.2 Å². The van der Waals surface area contributed by atoms with Crippen LogP contribution < -0.4 is 0 Å². The lowest BCUT2D eigenvalue weighted by atomic mass is 9.96. The Kier molecular flexibility index (Phi) is 6.46. The molecule has 0 radical (unpaired) electrons. The van der Waals surface area contributed by atoms with E-state index in [9.17, 15) is 14.7 Å². The first kappa shape index (κ1) is 17.6. The zero-order valence-electron chi connectivity index (χ0n) is 13.6. The minimum atomic E-state index is -1.00. The first-order valence-corrected chi connectivity index (χ1v) is 7.84. The third-order valence-corrected chi connectivity index (χ3v) is 3.57. The van der Waals surface area contributed by atoms with Gasteiger partial charge in [-0.3, -0.25) is 4.79 Å². The Bertz CT molecular complexity index is 732. The summed E-state index contributed by atoms with van der Waals surface area (Å²) < 4.78 is 5.23. The average Bonchev–Trinajstić information content (AvgIpc) is 2.61. The van der Waals surface area contributed by atoms with Crippen LogP contribution in [0.25, 0.3) is 6.08 Å². The number of ether oxygens (including phenoxy) is 1. The molecule has 1 N–H and O–H groups in total. The third-order valence-electron chi connectivity index (χ3n) is 3.57. The lowest BCUT2D eigenvalue weighted by Gasteiger charge is -2.08. The summed E-state index contributed by atoms with van der Waals surface area (Å²) in [5.41, 5.74) is 1.88. The quantitative estimate of drug-likeness (QED) is 0.455. The van der Waals surface area contributed by atoms with Crippen LogP contribution in [0.3, 0.4) is 0 Å². The Morgan fingerprint density at radius 1 is 1.04 bits per heavy atom. The van der Waals surface area contributed by atoms with Crippen LogP contribution in [-0.4, -0.2) is 30.1 Å². The standard InChI is InChI=1S/C20H20O4/c1-2-24-13-12-17(20(22)23)14-16-10-6-7-11-18(16)19(21)15-8-4-3-5-9-15/h3-11,14H,2,12-13H2,1H3,(H,22,23). The van der Waals surface area contributed by atoms with Gasteiger partial charge >= 0.3 is 5.97 Å². The molecule has 0 atom stereocenters. The number of aliphatic carboxylic acids is 1. The van der Waals surface area contributed by atoms with E-state index in [2.05, 4.69) is 0 Å². The molecule has 0 aliphatic heterocycles. The van der Waals surface area contributed by atoms with Crippen LogP contribution in [0.4, 0.5) is 0 Å². The normalized spacial score (nSPS) is 11.3. The summed E-state index contributed by atoms with van der Waals surface area (Å²) in [6.07, 6.45) is 1.84. The zero-order valence-corrected chi connectivity index (χ0v) is 13.6. The Balaban J connectivity index is 2.35.